The van der Waals surface area contributed by atoms with E-state index in [4.69, 9.17) is 16.3 Å². The summed E-state index contributed by atoms with van der Waals surface area (Å²) in [5.74, 6) is -2.88. The number of nitrogens with zero attached hydrogens (tertiary/aromatic N) is 4. The molecule has 0 aromatic carbocycles. The summed E-state index contributed by atoms with van der Waals surface area (Å²) < 4.78 is 64.4. The molecule has 1 saturated carbocycles. The second-order valence-corrected chi connectivity index (χ2v) is 14.4. The lowest BCUT2D eigenvalue weighted by Gasteiger charge is -2.22. The highest BCUT2D eigenvalue weighted by Gasteiger charge is 2.38. The van der Waals surface area contributed by atoms with Gasteiger partial charge in [-0.1, -0.05) is 43.4 Å². The topological polar surface area (TPSA) is 140 Å². The van der Waals surface area contributed by atoms with Crippen LogP contribution in [0.3, 0.4) is 0 Å². The van der Waals surface area contributed by atoms with Crippen molar-refractivity contribution < 1.29 is 26.7 Å². The van der Waals surface area contributed by atoms with Crippen molar-refractivity contribution in [2.45, 2.75) is 75.3 Å². The van der Waals surface area contributed by atoms with Gasteiger partial charge in [0.1, 0.15) is 11.0 Å². The highest BCUT2D eigenvalue weighted by atomic mass is 35.5. The molecule has 11 nitrogen and oxygen atoms in total. The molecule has 1 aliphatic heterocycles. The Bertz CT molecular complexity index is 1610. The summed E-state index contributed by atoms with van der Waals surface area (Å²) in [6, 6.07) is 8.36. The normalized spacial score (nSPS) is 18.6. The fraction of sp³-hybridized carbons (Fsp3) is 0.533. The van der Waals surface area contributed by atoms with Crippen LogP contribution in [0.4, 0.5) is 14.6 Å². The molecule has 4 heterocycles. The standard InChI is InChI=1S/C30H38ClF2N7O4S/c1-29(2)16-21(18-35-29)17-30(32,33)19-34-23-8-5-9-26(36-23)45(42,43)39-28(41)22-10-11-24(37-27(22)31)40-14-12-25(38-40)44-15-13-20-6-3-4-7-20/h5,8-12,14,20-21,35H,3-4,6-7,13,15-19H2,1-2H3,(H,34,36)(H,39,41). The van der Waals surface area contributed by atoms with Gasteiger partial charge in [0.2, 0.25) is 5.88 Å². The molecule has 3 N–H and O–H groups in total. The summed E-state index contributed by atoms with van der Waals surface area (Å²) in [6.07, 6.45) is 7.96. The fourth-order valence-corrected chi connectivity index (χ4v) is 7.07. The average molecular weight is 666 g/mol. The Kier molecular flexibility index (Phi) is 9.94. The highest BCUT2D eigenvalue weighted by molar-refractivity contribution is 7.90. The average Bonchev–Trinajstić information content (AvgIpc) is 3.74. The molecule has 1 saturated heterocycles. The van der Waals surface area contributed by atoms with E-state index < -0.39 is 33.4 Å². The number of amides is 1. The lowest BCUT2D eigenvalue weighted by atomic mass is 9.92. The first-order valence-electron chi connectivity index (χ1n) is 15.0. The maximum Gasteiger partial charge on any atom is 0.281 e. The number of carbonyl (C=O) groups excluding carboxylic acids is 1. The molecule has 1 unspecified atom stereocenters. The SMILES string of the molecule is CC1(C)CC(CC(F)(F)CNc2cccc(S(=O)(=O)NC(=O)c3ccc(-n4ccc(OCCC5CCCC5)n4)nc3Cl)n2)CN1. The van der Waals surface area contributed by atoms with Crippen LogP contribution in [0.25, 0.3) is 5.82 Å². The molecule has 2 aliphatic rings. The summed E-state index contributed by atoms with van der Waals surface area (Å²) >= 11 is 6.26. The molecule has 2 fully saturated rings. The van der Waals surface area contributed by atoms with E-state index >= 15 is 0 Å². The molecule has 1 aliphatic carbocycles. The second kappa shape index (κ2) is 13.6. The zero-order valence-electron chi connectivity index (χ0n) is 25.2. The smallest absolute Gasteiger partial charge is 0.281 e. The largest absolute Gasteiger partial charge is 0.477 e. The monoisotopic (exact) mass is 665 g/mol. The van der Waals surface area contributed by atoms with Gasteiger partial charge in [-0.25, -0.2) is 28.2 Å². The Morgan fingerprint density at radius 1 is 1.16 bits per heavy atom. The number of alkyl halides is 2. The maximum atomic E-state index is 14.7. The number of hydrogen-bond donors (Lipinski definition) is 3. The zero-order valence-corrected chi connectivity index (χ0v) is 26.8. The molecule has 3 aromatic heterocycles. The van der Waals surface area contributed by atoms with Crippen molar-refractivity contribution in [1.29, 1.82) is 0 Å². The molecular weight excluding hydrogens is 628 g/mol. The van der Waals surface area contributed by atoms with Crippen LogP contribution in [0.5, 0.6) is 5.88 Å². The number of aromatic nitrogens is 4. The van der Waals surface area contributed by atoms with Gasteiger partial charge >= 0.3 is 0 Å². The molecule has 0 spiro atoms. The van der Waals surface area contributed by atoms with Gasteiger partial charge in [-0.05, 0) is 69.3 Å². The van der Waals surface area contributed by atoms with E-state index in [1.54, 1.807) is 12.3 Å². The Morgan fingerprint density at radius 2 is 1.93 bits per heavy atom. The predicted molar refractivity (Wildman–Crippen MR) is 166 cm³/mol. The molecule has 1 atom stereocenters. The van der Waals surface area contributed by atoms with Crippen molar-refractivity contribution in [1.82, 2.24) is 29.8 Å². The van der Waals surface area contributed by atoms with Crippen LogP contribution in [-0.2, 0) is 10.0 Å². The van der Waals surface area contributed by atoms with E-state index in [0.29, 0.717) is 37.2 Å². The summed E-state index contributed by atoms with van der Waals surface area (Å²) in [4.78, 5) is 21.0. The highest BCUT2D eigenvalue weighted by Crippen LogP contribution is 2.33. The van der Waals surface area contributed by atoms with Gasteiger partial charge in [0.15, 0.2) is 10.8 Å². The molecule has 244 valence electrons. The zero-order chi connectivity index (χ0) is 32.2. The van der Waals surface area contributed by atoms with E-state index in [1.165, 1.54) is 54.6 Å². The second-order valence-electron chi connectivity index (χ2n) is 12.4. The van der Waals surface area contributed by atoms with E-state index in [0.717, 1.165) is 12.5 Å². The Hall–Kier alpha value is -3.36. The molecule has 15 heteroatoms. The van der Waals surface area contributed by atoms with Crippen molar-refractivity contribution in [3.8, 4) is 11.7 Å². The number of hydrogen-bond acceptors (Lipinski definition) is 9. The third kappa shape index (κ3) is 8.88. The number of sulfonamides is 1. The summed E-state index contributed by atoms with van der Waals surface area (Å²) in [6.45, 7) is 4.31. The Morgan fingerprint density at radius 3 is 2.64 bits per heavy atom. The lowest BCUT2D eigenvalue weighted by Crippen LogP contribution is -2.32. The van der Waals surface area contributed by atoms with Gasteiger partial charge in [-0.2, -0.15) is 8.42 Å². The van der Waals surface area contributed by atoms with Gasteiger partial charge in [0, 0.05) is 24.2 Å². The predicted octanol–water partition coefficient (Wildman–Crippen LogP) is 5.22. The molecule has 3 aromatic rings. The third-order valence-electron chi connectivity index (χ3n) is 8.14. The van der Waals surface area contributed by atoms with Crippen molar-refractivity contribution in [2.24, 2.45) is 11.8 Å². The minimum absolute atomic E-state index is 0.0694. The fourth-order valence-electron chi connectivity index (χ4n) is 5.90. The molecule has 1 amide bonds. The van der Waals surface area contributed by atoms with Crippen LogP contribution in [0.1, 0.15) is 69.2 Å². The molecule has 45 heavy (non-hydrogen) atoms. The van der Waals surface area contributed by atoms with Crippen LogP contribution >= 0.6 is 11.6 Å². The summed E-state index contributed by atoms with van der Waals surface area (Å²) in [7, 11) is -4.47. The minimum atomic E-state index is -4.47. The molecule has 5 rings (SSSR count). The number of halogens is 3. The van der Waals surface area contributed by atoms with Gasteiger partial charge < -0.3 is 15.4 Å². The van der Waals surface area contributed by atoms with E-state index in [9.17, 15) is 22.0 Å². The van der Waals surface area contributed by atoms with Crippen LogP contribution in [0.15, 0.2) is 47.6 Å². The third-order valence-corrected chi connectivity index (χ3v) is 9.66. The maximum absolute atomic E-state index is 14.7. The van der Waals surface area contributed by atoms with Gasteiger partial charge in [-0.3, -0.25) is 4.79 Å². The van der Waals surface area contributed by atoms with Gasteiger partial charge in [0.05, 0.1) is 18.7 Å². The molecule has 0 radical (unpaired) electrons. The van der Waals surface area contributed by atoms with E-state index in [1.807, 2.05) is 18.6 Å². The lowest BCUT2D eigenvalue weighted by molar-refractivity contribution is -0.00781. The van der Waals surface area contributed by atoms with Gasteiger partial charge in [0.25, 0.3) is 21.9 Å². The first-order valence-corrected chi connectivity index (χ1v) is 16.9. The Balaban J connectivity index is 1.17. The van der Waals surface area contributed by atoms with Crippen LogP contribution in [0, 0.1) is 11.8 Å². The van der Waals surface area contributed by atoms with Crippen LogP contribution in [0.2, 0.25) is 5.15 Å². The van der Waals surface area contributed by atoms with Crippen LogP contribution in [-0.4, -0.2) is 65.2 Å². The van der Waals surface area contributed by atoms with E-state index in [-0.39, 0.29) is 34.4 Å². The number of ether oxygens (including phenoxy) is 1. The first kappa shape index (κ1) is 33.0. The number of pyridine rings is 2. The minimum Gasteiger partial charge on any atom is -0.477 e. The quantitative estimate of drug-likeness (QED) is 0.210. The number of carbonyl (C=O) groups is 1. The molecular formula is C30H38ClF2N7O4S. The number of nitrogens with one attached hydrogen (secondary N) is 3. The first-order chi connectivity index (χ1) is 21.3. The summed E-state index contributed by atoms with van der Waals surface area (Å²) in [5.41, 5.74) is -0.375. The van der Waals surface area contributed by atoms with Crippen molar-refractivity contribution >= 4 is 33.3 Å². The Labute approximate surface area is 266 Å². The number of rotatable bonds is 13. The van der Waals surface area contributed by atoms with Crippen LogP contribution < -0.4 is 20.1 Å². The van der Waals surface area contributed by atoms with Crippen molar-refractivity contribution in [3.05, 3.63) is 53.3 Å². The van der Waals surface area contributed by atoms with E-state index in [2.05, 4.69) is 25.7 Å². The van der Waals surface area contributed by atoms with Gasteiger partial charge in [-0.15, -0.1) is 5.10 Å². The summed E-state index contributed by atoms with van der Waals surface area (Å²) in [5, 5.41) is 9.33. The van der Waals surface area contributed by atoms with Crippen molar-refractivity contribution in [3.63, 3.8) is 0 Å². The number of anilines is 1. The van der Waals surface area contributed by atoms with Crippen molar-refractivity contribution in [2.75, 3.05) is 25.0 Å². The molecule has 0 bridgehead atoms.